The quantitative estimate of drug-likeness (QED) is 0.859. The molecule has 0 saturated heterocycles. The molecule has 134 valence electrons. The van der Waals surface area contributed by atoms with Gasteiger partial charge in [0, 0.05) is 5.69 Å². The Kier molecular flexibility index (Phi) is 4.88. The number of nitrogens with one attached hydrogen (secondary N) is 1. The summed E-state index contributed by atoms with van der Waals surface area (Å²) in [5.74, 6) is -1.53. The zero-order valence-electron chi connectivity index (χ0n) is 14.2. The molecule has 0 saturated carbocycles. The van der Waals surface area contributed by atoms with Gasteiger partial charge in [-0.25, -0.2) is 4.79 Å². The van der Waals surface area contributed by atoms with Crippen LogP contribution in [0.15, 0.2) is 42.5 Å². The number of ether oxygens (including phenoxy) is 1. The van der Waals surface area contributed by atoms with Gasteiger partial charge in [0.05, 0.1) is 11.3 Å². The predicted molar refractivity (Wildman–Crippen MR) is 95.7 cm³/mol. The van der Waals surface area contributed by atoms with Gasteiger partial charge in [0.1, 0.15) is 12.3 Å². The van der Waals surface area contributed by atoms with E-state index in [1.165, 1.54) is 23.1 Å². The van der Waals surface area contributed by atoms with E-state index in [0.717, 1.165) is 12.0 Å². The number of carbonyl (C=O) groups is 3. The van der Waals surface area contributed by atoms with E-state index in [1.807, 2.05) is 19.1 Å². The first kappa shape index (κ1) is 17.5. The number of carbonyl (C=O) groups excluding carboxylic acids is 2. The van der Waals surface area contributed by atoms with Crippen LogP contribution in [0.1, 0.15) is 22.8 Å². The average Bonchev–Trinajstić information content (AvgIpc) is 2.64. The van der Waals surface area contributed by atoms with E-state index >= 15 is 0 Å². The van der Waals surface area contributed by atoms with Crippen molar-refractivity contribution in [1.82, 2.24) is 0 Å². The van der Waals surface area contributed by atoms with Gasteiger partial charge in [0.2, 0.25) is 5.91 Å². The van der Waals surface area contributed by atoms with Crippen LogP contribution in [0.25, 0.3) is 0 Å². The number of carboxylic acid groups (broad SMARTS) is 1. The number of rotatable bonds is 5. The van der Waals surface area contributed by atoms with Gasteiger partial charge < -0.3 is 15.2 Å². The maximum Gasteiger partial charge on any atom is 0.335 e. The summed E-state index contributed by atoms with van der Waals surface area (Å²) in [4.78, 5) is 36.9. The van der Waals surface area contributed by atoms with E-state index in [2.05, 4.69) is 5.32 Å². The van der Waals surface area contributed by atoms with Crippen molar-refractivity contribution in [3.8, 4) is 5.75 Å². The summed E-state index contributed by atoms with van der Waals surface area (Å²) in [7, 11) is 0. The molecule has 0 unspecified atom stereocenters. The maximum atomic E-state index is 12.3. The lowest BCUT2D eigenvalue weighted by Gasteiger charge is -2.29. The summed E-state index contributed by atoms with van der Waals surface area (Å²) < 4.78 is 5.31. The highest BCUT2D eigenvalue weighted by Crippen LogP contribution is 2.33. The Hall–Kier alpha value is -3.35. The van der Waals surface area contributed by atoms with Crippen LogP contribution in [0.5, 0.6) is 5.75 Å². The molecular weight excluding hydrogens is 336 g/mol. The summed E-state index contributed by atoms with van der Waals surface area (Å²) in [6.07, 6.45) is 0.902. The third kappa shape index (κ3) is 3.66. The number of hydrogen-bond donors (Lipinski definition) is 2. The topological polar surface area (TPSA) is 95.9 Å². The second kappa shape index (κ2) is 7.26. The van der Waals surface area contributed by atoms with Crippen molar-refractivity contribution in [2.75, 3.05) is 23.4 Å². The standard InChI is InChI=1S/C19H18N2O5/c1-2-12-3-6-14(7-4-12)20-17(22)10-21-15-9-13(19(24)25)5-8-16(15)26-11-18(21)23/h3-9H,2,10-11H2,1H3,(H,20,22)(H,24,25). The molecular formula is C19H18N2O5. The number of aryl methyl sites for hydroxylation is 1. The summed E-state index contributed by atoms with van der Waals surface area (Å²) in [5.41, 5.74) is 2.08. The molecule has 0 radical (unpaired) electrons. The van der Waals surface area contributed by atoms with E-state index < -0.39 is 11.9 Å². The number of fused-ring (bicyclic) bond motifs is 1. The van der Waals surface area contributed by atoms with Crippen molar-refractivity contribution in [3.63, 3.8) is 0 Å². The molecule has 2 amide bonds. The normalized spacial score (nSPS) is 13.0. The fourth-order valence-electron chi connectivity index (χ4n) is 2.68. The van der Waals surface area contributed by atoms with Gasteiger partial charge in [0.15, 0.2) is 6.61 Å². The van der Waals surface area contributed by atoms with Crippen LogP contribution in [0.2, 0.25) is 0 Å². The first-order chi connectivity index (χ1) is 12.5. The van der Waals surface area contributed by atoms with Gasteiger partial charge in [-0.3, -0.25) is 14.5 Å². The van der Waals surface area contributed by atoms with Gasteiger partial charge in [-0.2, -0.15) is 0 Å². The Morgan fingerprint density at radius 2 is 1.92 bits per heavy atom. The van der Waals surface area contributed by atoms with Gasteiger partial charge in [-0.05, 0) is 42.3 Å². The van der Waals surface area contributed by atoms with Crippen molar-refractivity contribution < 1.29 is 24.2 Å². The lowest BCUT2D eigenvalue weighted by Crippen LogP contribution is -2.43. The smallest absolute Gasteiger partial charge is 0.335 e. The highest BCUT2D eigenvalue weighted by Gasteiger charge is 2.28. The summed E-state index contributed by atoms with van der Waals surface area (Å²) >= 11 is 0. The summed E-state index contributed by atoms with van der Waals surface area (Å²) in [6, 6.07) is 11.7. The van der Waals surface area contributed by atoms with Crippen molar-refractivity contribution >= 4 is 29.2 Å². The van der Waals surface area contributed by atoms with E-state index in [9.17, 15) is 14.4 Å². The number of carboxylic acids is 1. The molecule has 1 heterocycles. The van der Waals surface area contributed by atoms with Crippen LogP contribution in [0, 0.1) is 0 Å². The second-order valence-corrected chi connectivity index (χ2v) is 5.85. The van der Waals surface area contributed by atoms with Gasteiger partial charge in [-0.15, -0.1) is 0 Å². The molecule has 7 nitrogen and oxygen atoms in total. The first-order valence-corrected chi connectivity index (χ1v) is 8.17. The Labute approximate surface area is 150 Å². The minimum Gasteiger partial charge on any atom is -0.482 e. The van der Waals surface area contributed by atoms with Crippen LogP contribution in [-0.2, 0) is 16.0 Å². The van der Waals surface area contributed by atoms with Crippen molar-refractivity contribution in [2.45, 2.75) is 13.3 Å². The fourth-order valence-corrected chi connectivity index (χ4v) is 2.68. The molecule has 26 heavy (non-hydrogen) atoms. The lowest BCUT2D eigenvalue weighted by atomic mass is 10.1. The molecule has 0 fully saturated rings. The molecule has 0 spiro atoms. The monoisotopic (exact) mass is 354 g/mol. The zero-order chi connectivity index (χ0) is 18.7. The number of aromatic carboxylic acids is 1. The Bertz CT molecular complexity index is 861. The molecule has 2 N–H and O–H groups in total. The Morgan fingerprint density at radius 3 is 2.58 bits per heavy atom. The highest BCUT2D eigenvalue weighted by molar-refractivity contribution is 6.05. The minimum atomic E-state index is -1.12. The lowest BCUT2D eigenvalue weighted by molar-refractivity contribution is -0.123. The van der Waals surface area contributed by atoms with E-state index in [0.29, 0.717) is 11.4 Å². The maximum absolute atomic E-state index is 12.3. The number of amides is 2. The van der Waals surface area contributed by atoms with E-state index in [1.54, 1.807) is 12.1 Å². The molecule has 7 heteroatoms. The van der Waals surface area contributed by atoms with Crippen molar-refractivity contribution in [2.24, 2.45) is 0 Å². The van der Waals surface area contributed by atoms with Crippen LogP contribution in [0.4, 0.5) is 11.4 Å². The summed E-state index contributed by atoms with van der Waals surface area (Å²) in [6.45, 7) is 1.62. The van der Waals surface area contributed by atoms with Crippen LogP contribution < -0.4 is 15.0 Å². The predicted octanol–water partition coefficient (Wildman–Crippen LogP) is 2.31. The second-order valence-electron chi connectivity index (χ2n) is 5.85. The molecule has 0 aromatic heterocycles. The van der Waals surface area contributed by atoms with E-state index in [-0.39, 0.29) is 30.3 Å². The Morgan fingerprint density at radius 1 is 1.19 bits per heavy atom. The highest BCUT2D eigenvalue weighted by atomic mass is 16.5. The van der Waals surface area contributed by atoms with Gasteiger partial charge in [-0.1, -0.05) is 19.1 Å². The molecule has 2 aromatic carbocycles. The number of anilines is 2. The molecule has 1 aliphatic heterocycles. The molecule has 0 aliphatic carbocycles. The molecule has 0 atom stereocenters. The van der Waals surface area contributed by atoms with Gasteiger partial charge in [0.25, 0.3) is 5.91 Å². The summed E-state index contributed by atoms with van der Waals surface area (Å²) in [5, 5.41) is 11.9. The Balaban J connectivity index is 1.78. The van der Waals surface area contributed by atoms with Crippen LogP contribution in [-0.4, -0.2) is 36.0 Å². The fraction of sp³-hybridized carbons (Fsp3) is 0.211. The molecule has 3 rings (SSSR count). The number of nitrogens with zero attached hydrogens (tertiary/aromatic N) is 1. The van der Waals surface area contributed by atoms with Crippen LogP contribution >= 0.6 is 0 Å². The third-order valence-corrected chi connectivity index (χ3v) is 4.10. The molecule has 2 aromatic rings. The van der Waals surface area contributed by atoms with Crippen molar-refractivity contribution in [1.29, 1.82) is 0 Å². The molecule has 0 bridgehead atoms. The van der Waals surface area contributed by atoms with Crippen LogP contribution in [0.3, 0.4) is 0 Å². The minimum absolute atomic E-state index is 0.0163. The van der Waals surface area contributed by atoms with E-state index in [4.69, 9.17) is 9.84 Å². The number of benzene rings is 2. The number of hydrogen-bond acceptors (Lipinski definition) is 4. The average molecular weight is 354 g/mol. The van der Waals surface area contributed by atoms with Gasteiger partial charge >= 0.3 is 5.97 Å². The molecule has 1 aliphatic rings. The zero-order valence-corrected chi connectivity index (χ0v) is 14.2. The first-order valence-electron chi connectivity index (χ1n) is 8.17. The SMILES string of the molecule is CCc1ccc(NC(=O)CN2C(=O)COc3ccc(C(=O)O)cc32)cc1. The third-order valence-electron chi connectivity index (χ3n) is 4.10. The van der Waals surface area contributed by atoms with Crippen molar-refractivity contribution in [3.05, 3.63) is 53.6 Å². The largest absolute Gasteiger partial charge is 0.482 e.